The first kappa shape index (κ1) is 16.8. The molecule has 1 aromatic carbocycles. The van der Waals surface area contributed by atoms with Gasteiger partial charge in [-0.2, -0.15) is 0 Å². The Morgan fingerprint density at radius 1 is 1.41 bits per heavy atom. The van der Waals surface area contributed by atoms with Gasteiger partial charge in [-0.1, -0.05) is 0 Å². The first-order valence-corrected chi connectivity index (χ1v) is 7.98. The van der Waals surface area contributed by atoms with Gasteiger partial charge in [-0.15, -0.1) is 0 Å². The van der Waals surface area contributed by atoms with Crippen LogP contribution >= 0.6 is 0 Å². The number of nitrogens with one attached hydrogen (secondary N) is 2. The maximum atomic E-state index is 12.4. The normalized spacial score (nSPS) is 14.9. The zero-order chi connectivity index (χ0) is 15.9. The lowest BCUT2D eigenvalue weighted by atomic mass is 10.0. The number of ether oxygens (including phenoxy) is 2. The summed E-state index contributed by atoms with van der Waals surface area (Å²) < 4.78 is 11.0. The molecule has 0 bridgehead atoms. The average molecular weight is 306 g/mol. The van der Waals surface area contributed by atoms with Crippen molar-refractivity contribution in [2.45, 2.75) is 39.3 Å². The minimum atomic E-state index is -0.207. The van der Waals surface area contributed by atoms with Crippen molar-refractivity contribution in [2.24, 2.45) is 0 Å². The van der Waals surface area contributed by atoms with Gasteiger partial charge in [-0.3, -0.25) is 4.79 Å². The smallest absolute Gasteiger partial charge is 0.179 e. The van der Waals surface area contributed by atoms with Crippen LogP contribution in [0.3, 0.4) is 0 Å². The van der Waals surface area contributed by atoms with Gasteiger partial charge in [0.15, 0.2) is 5.78 Å². The number of carbonyl (C=O) groups excluding carboxylic acids is 1. The maximum absolute atomic E-state index is 12.4. The summed E-state index contributed by atoms with van der Waals surface area (Å²) in [6.07, 6.45) is 1.15. The van der Waals surface area contributed by atoms with E-state index in [1.54, 1.807) is 0 Å². The van der Waals surface area contributed by atoms with Crippen LogP contribution < -0.4 is 15.4 Å². The van der Waals surface area contributed by atoms with Crippen LogP contribution in [0, 0.1) is 0 Å². The summed E-state index contributed by atoms with van der Waals surface area (Å²) in [4.78, 5) is 12.4. The van der Waals surface area contributed by atoms with Gasteiger partial charge in [-0.05, 0) is 51.9 Å². The molecule has 5 nitrogen and oxygen atoms in total. The van der Waals surface area contributed by atoms with Crippen LogP contribution in [0.5, 0.6) is 5.75 Å². The highest BCUT2D eigenvalue weighted by Crippen LogP contribution is 2.28. The standard InChI is InChI=1S/C17H26N2O3/c1-12(2)21-9-4-7-18-13(3)17(20)14-5-6-16-15(11-14)19-8-10-22-16/h5-6,11-13,18-19H,4,7-10H2,1-3H3. The highest BCUT2D eigenvalue weighted by atomic mass is 16.5. The molecular weight excluding hydrogens is 280 g/mol. The topological polar surface area (TPSA) is 59.6 Å². The molecule has 1 aliphatic heterocycles. The summed E-state index contributed by atoms with van der Waals surface area (Å²) in [5, 5.41) is 6.51. The van der Waals surface area contributed by atoms with Crippen molar-refractivity contribution < 1.29 is 14.3 Å². The van der Waals surface area contributed by atoms with E-state index in [9.17, 15) is 4.79 Å². The molecule has 2 N–H and O–H groups in total. The number of hydrogen-bond acceptors (Lipinski definition) is 5. The van der Waals surface area contributed by atoms with Gasteiger partial charge in [0, 0.05) is 18.7 Å². The van der Waals surface area contributed by atoms with Crippen LogP contribution in [0.4, 0.5) is 5.69 Å². The van der Waals surface area contributed by atoms with Crippen LogP contribution in [0.1, 0.15) is 37.6 Å². The second kappa shape index (κ2) is 8.15. The fraction of sp³-hybridized carbons (Fsp3) is 0.588. The molecule has 0 amide bonds. The van der Waals surface area contributed by atoms with E-state index in [0.29, 0.717) is 18.8 Å². The summed E-state index contributed by atoms with van der Waals surface area (Å²) in [7, 11) is 0. The predicted octanol–water partition coefficient (Wildman–Crippen LogP) is 2.47. The van der Waals surface area contributed by atoms with Gasteiger partial charge < -0.3 is 20.1 Å². The van der Waals surface area contributed by atoms with Crippen molar-refractivity contribution in [3.63, 3.8) is 0 Å². The van der Waals surface area contributed by atoms with E-state index in [-0.39, 0.29) is 17.9 Å². The summed E-state index contributed by atoms with van der Waals surface area (Å²) in [6, 6.07) is 5.35. The van der Waals surface area contributed by atoms with E-state index in [1.165, 1.54) is 0 Å². The van der Waals surface area contributed by atoms with E-state index in [4.69, 9.17) is 9.47 Å². The first-order chi connectivity index (χ1) is 10.6. The third kappa shape index (κ3) is 4.71. The van der Waals surface area contributed by atoms with Gasteiger partial charge in [0.25, 0.3) is 0 Å². The molecule has 1 atom stereocenters. The molecule has 1 aliphatic rings. The number of hydrogen-bond donors (Lipinski definition) is 2. The number of rotatable bonds is 8. The summed E-state index contributed by atoms with van der Waals surface area (Å²) in [5.74, 6) is 0.911. The fourth-order valence-corrected chi connectivity index (χ4v) is 2.35. The van der Waals surface area contributed by atoms with Gasteiger partial charge in [-0.25, -0.2) is 0 Å². The Morgan fingerprint density at radius 3 is 3.00 bits per heavy atom. The van der Waals surface area contributed by atoms with E-state index >= 15 is 0 Å². The van der Waals surface area contributed by atoms with Crippen molar-refractivity contribution in [2.75, 3.05) is 31.6 Å². The van der Waals surface area contributed by atoms with E-state index in [0.717, 1.165) is 30.9 Å². The Hall–Kier alpha value is -1.59. The monoisotopic (exact) mass is 306 g/mol. The predicted molar refractivity (Wildman–Crippen MR) is 87.9 cm³/mol. The quantitative estimate of drug-likeness (QED) is 0.571. The molecule has 0 fully saturated rings. The second-order valence-corrected chi connectivity index (χ2v) is 5.80. The van der Waals surface area contributed by atoms with E-state index in [2.05, 4.69) is 10.6 Å². The molecule has 0 aromatic heterocycles. The number of ketones is 1. The summed E-state index contributed by atoms with van der Waals surface area (Å²) in [6.45, 7) is 8.86. The lowest BCUT2D eigenvalue weighted by Crippen LogP contribution is -2.35. The molecular formula is C17H26N2O3. The van der Waals surface area contributed by atoms with Crippen molar-refractivity contribution in [3.05, 3.63) is 23.8 Å². The highest BCUT2D eigenvalue weighted by molar-refractivity contribution is 6.01. The molecule has 0 saturated heterocycles. The van der Waals surface area contributed by atoms with Crippen LogP contribution in [0.15, 0.2) is 18.2 Å². The molecule has 22 heavy (non-hydrogen) atoms. The molecule has 0 saturated carbocycles. The largest absolute Gasteiger partial charge is 0.490 e. The zero-order valence-corrected chi connectivity index (χ0v) is 13.6. The Morgan fingerprint density at radius 2 is 2.23 bits per heavy atom. The van der Waals surface area contributed by atoms with Gasteiger partial charge in [0.1, 0.15) is 12.4 Å². The van der Waals surface area contributed by atoms with E-state index in [1.807, 2.05) is 39.0 Å². The fourth-order valence-electron chi connectivity index (χ4n) is 2.35. The molecule has 2 rings (SSSR count). The van der Waals surface area contributed by atoms with Crippen LogP contribution in [-0.4, -0.2) is 44.2 Å². The van der Waals surface area contributed by atoms with Crippen molar-refractivity contribution >= 4 is 11.5 Å². The van der Waals surface area contributed by atoms with Gasteiger partial charge in [0.05, 0.1) is 17.8 Å². The number of carbonyl (C=O) groups is 1. The number of anilines is 1. The minimum Gasteiger partial charge on any atom is -0.490 e. The Labute approximate surface area is 132 Å². The second-order valence-electron chi connectivity index (χ2n) is 5.80. The Bertz CT molecular complexity index is 503. The molecule has 1 unspecified atom stereocenters. The average Bonchev–Trinajstić information content (AvgIpc) is 2.52. The van der Waals surface area contributed by atoms with Crippen LogP contribution in [0.25, 0.3) is 0 Å². The highest BCUT2D eigenvalue weighted by Gasteiger charge is 2.17. The van der Waals surface area contributed by atoms with Crippen molar-refractivity contribution in [1.82, 2.24) is 5.32 Å². The summed E-state index contributed by atoms with van der Waals surface area (Å²) >= 11 is 0. The number of benzene rings is 1. The van der Waals surface area contributed by atoms with Crippen molar-refractivity contribution in [1.29, 1.82) is 0 Å². The third-order valence-electron chi connectivity index (χ3n) is 3.56. The molecule has 5 heteroatoms. The molecule has 0 radical (unpaired) electrons. The molecule has 1 heterocycles. The number of fused-ring (bicyclic) bond motifs is 1. The lowest BCUT2D eigenvalue weighted by molar-refractivity contribution is 0.0760. The Balaban J connectivity index is 1.82. The molecule has 0 aliphatic carbocycles. The van der Waals surface area contributed by atoms with E-state index < -0.39 is 0 Å². The third-order valence-corrected chi connectivity index (χ3v) is 3.56. The zero-order valence-electron chi connectivity index (χ0n) is 13.6. The van der Waals surface area contributed by atoms with Gasteiger partial charge >= 0.3 is 0 Å². The molecule has 0 spiro atoms. The summed E-state index contributed by atoms with van der Waals surface area (Å²) in [5.41, 5.74) is 1.60. The van der Waals surface area contributed by atoms with Crippen LogP contribution in [-0.2, 0) is 4.74 Å². The first-order valence-electron chi connectivity index (χ1n) is 7.98. The lowest BCUT2D eigenvalue weighted by Gasteiger charge is -2.20. The minimum absolute atomic E-state index is 0.0972. The SMILES string of the molecule is CC(C)OCCCNC(C)C(=O)c1ccc2c(c1)NCCO2. The van der Waals surface area contributed by atoms with Crippen LogP contribution in [0.2, 0.25) is 0 Å². The maximum Gasteiger partial charge on any atom is 0.179 e. The molecule has 1 aromatic rings. The Kier molecular flexibility index (Phi) is 6.21. The van der Waals surface area contributed by atoms with Gasteiger partial charge in [0.2, 0.25) is 0 Å². The molecule has 122 valence electrons. The number of Topliss-reactive ketones (excluding diaryl/α,β-unsaturated/α-hetero) is 1. The van der Waals surface area contributed by atoms with Crippen molar-refractivity contribution in [3.8, 4) is 5.75 Å².